The molecule has 4 aliphatic rings. The van der Waals surface area contributed by atoms with Crippen LogP contribution in [0.15, 0.2) is 24.1 Å². The van der Waals surface area contributed by atoms with Crippen LogP contribution in [0.25, 0.3) is 0 Å². The summed E-state index contributed by atoms with van der Waals surface area (Å²) < 4.78 is 14.5. The van der Waals surface area contributed by atoms with Crippen molar-refractivity contribution < 1.29 is 9.39 Å². The molecule has 0 radical (unpaired) electrons. The van der Waals surface area contributed by atoms with E-state index in [1.54, 1.807) is 0 Å². The maximum atomic E-state index is 7.39. The molecule has 42 heavy (non-hydrogen) atoms. The molecule has 4 fully saturated rings. The zero-order chi connectivity index (χ0) is 29.5. The van der Waals surface area contributed by atoms with Crippen molar-refractivity contribution in [1.82, 2.24) is 0 Å². The molecule has 0 saturated heterocycles. The second kappa shape index (κ2) is 15.1. The van der Waals surface area contributed by atoms with E-state index in [1.807, 2.05) is 0 Å². The number of hydrogen-bond acceptors (Lipinski definition) is 2. The van der Waals surface area contributed by atoms with Crippen molar-refractivity contribution in [3.05, 3.63) is 40.7 Å². The first-order valence-electron chi connectivity index (χ1n) is 18.5. The quantitative estimate of drug-likeness (QED) is 0.216. The topological polar surface area (TPSA) is 18.5 Å². The number of hydrogen-bond donors (Lipinski definition) is 0. The molecule has 0 heterocycles. The van der Waals surface area contributed by atoms with Crippen LogP contribution in [0.3, 0.4) is 0 Å². The minimum absolute atomic E-state index is 0.128. The Balaban J connectivity index is 1.51. The lowest BCUT2D eigenvalue weighted by Gasteiger charge is -2.37. The molecule has 0 bridgehead atoms. The normalized spacial score (nSPS) is 22.6. The van der Waals surface area contributed by atoms with E-state index in [9.17, 15) is 0 Å². The number of benzene rings is 1. The smallest absolute Gasteiger partial charge is 0.368 e. The molecule has 232 valence electrons. The molecule has 0 N–H and O–H groups in total. The molecule has 4 heteroatoms. The lowest BCUT2D eigenvalue weighted by atomic mass is 9.30. The van der Waals surface area contributed by atoms with Crippen LogP contribution in [-0.4, -0.2) is 13.6 Å². The standard InChI is InChI=1S/C38H62B2O2/c1-29-26-31(38(3,4)5)27-30(2)37(29)41-36(28-39(32-18-10-6-11-19-32)33-20-12-7-13-21-33)42-40(34-22-14-8-15-23-34)35-24-16-9-17-25-35/h26-28,32-35H,6-25H2,1-5H3/b36-28+. The summed E-state index contributed by atoms with van der Waals surface area (Å²) in [7, 11) is 0. The summed E-state index contributed by atoms with van der Waals surface area (Å²) in [6.07, 6.45) is 27.6. The molecule has 4 saturated carbocycles. The van der Waals surface area contributed by atoms with E-state index in [0.29, 0.717) is 25.3 Å². The number of aryl methyl sites for hydroxylation is 2. The summed E-state index contributed by atoms with van der Waals surface area (Å²) in [4.78, 5) is 0. The Kier molecular flexibility index (Phi) is 11.6. The molecule has 0 atom stereocenters. The predicted octanol–water partition coefficient (Wildman–Crippen LogP) is 12.2. The van der Waals surface area contributed by atoms with Crippen molar-refractivity contribution in [3.8, 4) is 5.75 Å². The Labute approximate surface area is 260 Å². The van der Waals surface area contributed by atoms with Crippen molar-refractivity contribution in [2.45, 2.75) is 192 Å². The summed E-state index contributed by atoms with van der Waals surface area (Å²) in [6, 6.07) is 4.72. The highest BCUT2D eigenvalue weighted by atomic mass is 16.7. The van der Waals surface area contributed by atoms with E-state index in [1.165, 1.54) is 145 Å². The third-order valence-corrected chi connectivity index (χ3v) is 11.7. The fourth-order valence-electron chi connectivity index (χ4n) is 9.23. The maximum absolute atomic E-state index is 7.39. The van der Waals surface area contributed by atoms with Gasteiger partial charge in [0.1, 0.15) is 5.75 Å². The van der Waals surface area contributed by atoms with Gasteiger partial charge in [0.05, 0.1) is 0 Å². The molecule has 2 nitrogen and oxygen atoms in total. The molecule has 5 rings (SSSR count). The zero-order valence-corrected chi connectivity index (χ0v) is 28.2. The molecule has 0 unspecified atom stereocenters. The Morgan fingerprint density at radius 2 is 1.00 bits per heavy atom. The van der Waals surface area contributed by atoms with Gasteiger partial charge in [0.2, 0.25) is 0 Å². The Hall–Kier alpha value is -1.31. The summed E-state index contributed by atoms with van der Waals surface area (Å²) >= 11 is 0. The van der Waals surface area contributed by atoms with E-state index in [-0.39, 0.29) is 5.41 Å². The van der Waals surface area contributed by atoms with Crippen molar-refractivity contribution in [1.29, 1.82) is 0 Å². The average Bonchev–Trinajstić information content (AvgIpc) is 3.01. The second-order valence-electron chi connectivity index (χ2n) is 16.0. The van der Waals surface area contributed by atoms with Crippen LogP contribution in [0.1, 0.15) is 166 Å². The van der Waals surface area contributed by atoms with Gasteiger partial charge >= 0.3 is 6.92 Å². The summed E-state index contributed by atoms with van der Waals surface area (Å²) in [5.74, 6) is 7.42. The average molecular weight is 573 g/mol. The third-order valence-electron chi connectivity index (χ3n) is 11.7. The third kappa shape index (κ3) is 8.44. The van der Waals surface area contributed by atoms with Crippen LogP contribution in [0.2, 0.25) is 23.3 Å². The molecule has 1 aromatic carbocycles. The van der Waals surface area contributed by atoms with E-state index < -0.39 is 0 Å². The minimum atomic E-state index is 0.128. The molecular weight excluding hydrogens is 510 g/mol. The van der Waals surface area contributed by atoms with E-state index in [2.05, 4.69) is 52.7 Å². The van der Waals surface area contributed by atoms with E-state index in [4.69, 9.17) is 9.39 Å². The fourth-order valence-corrected chi connectivity index (χ4v) is 9.23. The second-order valence-corrected chi connectivity index (χ2v) is 16.0. The predicted molar refractivity (Wildman–Crippen MR) is 183 cm³/mol. The van der Waals surface area contributed by atoms with Crippen LogP contribution in [0.4, 0.5) is 0 Å². The van der Waals surface area contributed by atoms with E-state index in [0.717, 1.165) is 23.3 Å². The molecule has 0 amide bonds. The van der Waals surface area contributed by atoms with Gasteiger partial charge in [-0.25, -0.2) is 0 Å². The number of ether oxygens (including phenoxy) is 1. The largest absolute Gasteiger partial charge is 0.536 e. The summed E-state index contributed by atoms with van der Waals surface area (Å²) in [6.45, 7) is 12.3. The van der Waals surface area contributed by atoms with Crippen molar-refractivity contribution in [3.63, 3.8) is 0 Å². The van der Waals surface area contributed by atoms with Gasteiger partial charge in [-0.05, 0) is 53.6 Å². The maximum Gasteiger partial charge on any atom is 0.368 e. The molecule has 0 aliphatic heterocycles. The van der Waals surface area contributed by atoms with Gasteiger partial charge in [-0.15, -0.1) is 0 Å². The van der Waals surface area contributed by atoms with Gasteiger partial charge in [-0.2, -0.15) is 0 Å². The lowest BCUT2D eigenvalue weighted by molar-refractivity contribution is 0.210. The zero-order valence-electron chi connectivity index (χ0n) is 28.2. The fraction of sp³-hybridized carbons (Fsp3) is 0.789. The molecule has 4 aliphatic carbocycles. The summed E-state index contributed by atoms with van der Waals surface area (Å²) in [5.41, 5.74) is 4.01. The van der Waals surface area contributed by atoms with Crippen LogP contribution in [-0.2, 0) is 10.1 Å². The van der Waals surface area contributed by atoms with Crippen LogP contribution in [0, 0.1) is 13.8 Å². The van der Waals surface area contributed by atoms with Gasteiger partial charge in [0, 0.05) is 0 Å². The Morgan fingerprint density at radius 3 is 1.38 bits per heavy atom. The molecular formula is C38H62B2O2. The van der Waals surface area contributed by atoms with Gasteiger partial charge in [0.25, 0.3) is 5.95 Å². The van der Waals surface area contributed by atoms with Gasteiger partial charge in [-0.1, -0.05) is 173 Å². The first-order valence-corrected chi connectivity index (χ1v) is 18.5. The lowest BCUT2D eigenvalue weighted by Crippen LogP contribution is -2.35. The molecule has 0 aromatic heterocycles. The highest BCUT2D eigenvalue weighted by Gasteiger charge is 2.40. The van der Waals surface area contributed by atoms with Gasteiger partial charge in [0.15, 0.2) is 6.71 Å². The monoisotopic (exact) mass is 572 g/mol. The van der Waals surface area contributed by atoms with Crippen molar-refractivity contribution >= 4 is 13.6 Å². The summed E-state index contributed by atoms with van der Waals surface area (Å²) in [5, 5.41) is 0. The van der Waals surface area contributed by atoms with Gasteiger partial charge in [-0.3, -0.25) is 0 Å². The SMILES string of the molecule is Cc1cc(C(C)(C)C)cc(C)c1O/C(=C\B(C1CCCCC1)C1CCCCC1)OB(C1CCCCC1)C1CCCCC1. The van der Waals surface area contributed by atoms with E-state index >= 15 is 0 Å². The number of rotatable bonds is 9. The molecule has 0 spiro atoms. The first kappa shape index (κ1) is 32.1. The van der Waals surface area contributed by atoms with Gasteiger partial charge < -0.3 is 9.39 Å². The Bertz CT molecular complexity index is 943. The molecule has 1 aromatic rings. The highest BCUT2D eigenvalue weighted by Crippen LogP contribution is 2.45. The van der Waals surface area contributed by atoms with Crippen molar-refractivity contribution in [2.75, 3.05) is 0 Å². The first-order chi connectivity index (χ1) is 20.3. The Morgan fingerprint density at radius 1 is 0.619 bits per heavy atom. The van der Waals surface area contributed by atoms with Crippen LogP contribution in [0.5, 0.6) is 5.75 Å². The minimum Gasteiger partial charge on any atom is -0.536 e. The van der Waals surface area contributed by atoms with Crippen LogP contribution >= 0.6 is 0 Å². The highest BCUT2D eigenvalue weighted by molar-refractivity contribution is 6.67. The van der Waals surface area contributed by atoms with Crippen molar-refractivity contribution in [2.24, 2.45) is 0 Å². The van der Waals surface area contributed by atoms with Crippen LogP contribution < -0.4 is 4.74 Å².